The maximum absolute atomic E-state index is 14.4. The molecule has 1 heterocycles. The Bertz CT molecular complexity index is 1010. The summed E-state index contributed by atoms with van der Waals surface area (Å²) in [6.45, 7) is 8.60. The highest BCUT2D eigenvalue weighted by Gasteiger charge is 2.30. The highest BCUT2D eigenvalue weighted by Crippen LogP contribution is 2.33. The van der Waals surface area contributed by atoms with E-state index >= 15 is 0 Å². The lowest BCUT2D eigenvalue weighted by Crippen LogP contribution is -2.33. The number of nitrogens with two attached hydrogens (primary N) is 1. The minimum Gasteiger partial charge on any atom is -0.442 e. The van der Waals surface area contributed by atoms with Gasteiger partial charge in [-0.15, -0.1) is 0 Å². The Hall–Kier alpha value is -2.75. The molecule has 0 saturated heterocycles. The van der Waals surface area contributed by atoms with Crippen LogP contribution in [-0.4, -0.2) is 46.1 Å². The van der Waals surface area contributed by atoms with Crippen LogP contribution in [0.2, 0.25) is 0 Å². The van der Waals surface area contributed by atoms with Gasteiger partial charge in [-0.3, -0.25) is 4.79 Å². The van der Waals surface area contributed by atoms with Gasteiger partial charge in [0, 0.05) is 29.7 Å². The molecular formula is C28H41FN2O6. The van der Waals surface area contributed by atoms with Crippen molar-refractivity contribution in [2.24, 2.45) is 29.4 Å². The number of amides is 2. The number of allylic oxidation sites excluding steroid dienone is 1. The van der Waals surface area contributed by atoms with E-state index in [0.29, 0.717) is 24.0 Å². The number of ether oxygens (including phenoxy) is 1. The summed E-state index contributed by atoms with van der Waals surface area (Å²) in [5.74, 6) is -2.56. The number of primary amides is 1. The van der Waals surface area contributed by atoms with E-state index in [0.717, 1.165) is 0 Å². The van der Waals surface area contributed by atoms with E-state index in [4.69, 9.17) is 10.5 Å². The first-order chi connectivity index (χ1) is 17.3. The molecule has 2 bridgehead atoms. The number of aliphatic hydroxyl groups is 3. The third-order valence-electron chi connectivity index (χ3n) is 7.15. The number of carbonyl (C=O) groups is 2. The molecule has 2 amide bonds. The Morgan fingerprint density at radius 1 is 1.16 bits per heavy atom. The number of anilines is 1. The van der Waals surface area contributed by atoms with Crippen molar-refractivity contribution in [3.05, 3.63) is 52.9 Å². The number of benzene rings is 1. The summed E-state index contributed by atoms with van der Waals surface area (Å²) in [5.41, 5.74) is 6.98. The quantitative estimate of drug-likeness (QED) is 0.370. The molecule has 1 aromatic carbocycles. The highest BCUT2D eigenvalue weighted by molar-refractivity contribution is 6.03. The number of rotatable bonds is 2. The molecule has 8 nitrogen and oxygen atoms in total. The molecule has 206 valence electrons. The third kappa shape index (κ3) is 8.66. The molecule has 37 heavy (non-hydrogen) atoms. The number of hydrogen-bond donors (Lipinski definition) is 5. The van der Waals surface area contributed by atoms with Crippen LogP contribution >= 0.6 is 0 Å². The molecule has 7 atom stereocenters. The van der Waals surface area contributed by atoms with Crippen molar-refractivity contribution in [3.63, 3.8) is 0 Å². The standard InChI is InChI=1S/C28H41FN2O6/c1-15-7-6-8-16(2)27(35)31-23-12-20(11-22(29)13-23)24(33)18(4)10-21(14-32)25(34)17(3)9-19(5)26(15)37-28(30)36/h8-9,11-13,15,17-18,21,24-26,32-34H,6-7,10,14H2,1-5H3,(H2,30,36)(H,31,35)/b16-8+,19-9+/t15-,17-,18-,21+,24+,25+,26+/m0/s1. The number of halogens is 1. The maximum Gasteiger partial charge on any atom is 0.405 e. The minimum atomic E-state index is -1.09. The van der Waals surface area contributed by atoms with Crippen molar-refractivity contribution in [1.29, 1.82) is 0 Å². The lowest BCUT2D eigenvalue weighted by Gasteiger charge is -2.30. The Morgan fingerprint density at radius 2 is 1.84 bits per heavy atom. The van der Waals surface area contributed by atoms with Gasteiger partial charge in [0.25, 0.3) is 5.91 Å². The molecule has 1 aromatic rings. The molecule has 0 spiro atoms. The number of nitrogens with one attached hydrogen (secondary N) is 1. The van der Waals surface area contributed by atoms with Gasteiger partial charge in [0.05, 0.1) is 12.2 Å². The summed E-state index contributed by atoms with van der Waals surface area (Å²) >= 11 is 0. The Labute approximate surface area is 218 Å². The van der Waals surface area contributed by atoms with Crippen LogP contribution in [0.25, 0.3) is 0 Å². The number of aliphatic hydroxyl groups excluding tert-OH is 3. The zero-order valence-electron chi connectivity index (χ0n) is 22.3. The van der Waals surface area contributed by atoms with Crippen molar-refractivity contribution in [2.45, 2.75) is 72.2 Å². The molecule has 0 saturated carbocycles. The normalized spacial score (nSPS) is 33.4. The van der Waals surface area contributed by atoms with Crippen molar-refractivity contribution in [3.8, 4) is 0 Å². The molecule has 0 radical (unpaired) electrons. The molecule has 0 unspecified atom stereocenters. The van der Waals surface area contributed by atoms with Gasteiger partial charge in [0.2, 0.25) is 0 Å². The number of fused-ring (bicyclic) bond motifs is 2. The molecule has 1 aliphatic rings. The lowest BCUT2D eigenvalue weighted by molar-refractivity contribution is -0.112. The van der Waals surface area contributed by atoms with Crippen LogP contribution < -0.4 is 11.1 Å². The summed E-state index contributed by atoms with van der Waals surface area (Å²) in [6, 6.07) is 3.91. The average molecular weight is 521 g/mol. The number of carbonyl (C=O) groups excluding carboxylic acids is 2. The summed E-state index contributed by atoms with van der Waals surface area (Å²) in [5, 5.41) is 34.7. The first-order valence-corrected chi connectivity index (χ1v) is 12.7. The molecule has 0 aromatic heterocycles. The van der Waals surface area contributed by atoms with E-state index in [-0.39, 0.29) is 30.2 Å². The van der Waals surface area contributed by atoms with Crippen LogP contribution in [0.5, 0.6) is 0 Å². The monoisotopic (exact) mass is 520 g/mol. The Morgan fingerprint density at radius 3 is 2.46 bits per heavy atom. The van der Waals surface area contributed by atoms with Crippen LogP contribution in [0.15, 0.2) is 41.5 Å². The SMILES string of the molecule is C/C1=C\CC[C@H](C)[C@@H](OC(N)=O)/C(C)=C/[C@H](C)[C@@H](O)[C@@H](CO)C[C@H](C)[C@@H](O)c2cc(F)cc(c2)NC1=O. The minimum absolute atomic E-state index is 0.142. The van der Waals surface area contributed by atoms with Crippen LogP contribution in [-0.2, 0) is 9.53 Å². The van der Waals surface area contributed by atoms with E-state index in [1.54, 1.807) is 39.8 Å². The summed E-state index contributed by atoms with van der Waals surface area (Å²) in [7, 11) is 0. The molecule has 6 N–H and O–H groups in total. The van der Waals surface area contributed by atoms with E-state index in [1.165, 1.54) is 18.2 Å². The van der Waals surface area contributed by atoms with E-state index in [2.05, 4.69) is 5.32 Å². The van der Waals surface area contributed by atoms with Crippen LogP contribution in [0.4, 0.5) is 14.9 Å². The van der Waals surface area contributed by atoms with Crippen molar-refractivity contribution in [2.75, 3.05) is 11.9 Å². The van der Waals surface area contributed by atoms with Crippen molar-refractivity contribution < 1.29 is 34.0 Å². The van der Waals surface area contributed by atoms with Crippen LogP contribution in [0.3, 0.4) is 0 Å². The van der Waals surface area contributed by atoms with Crippen LogP contribution in [0, 0.1) is 29.5 Å². The van der Waals surface area contributed by atoms with Gasteiger partial charge < -0.3 is 31.1 Å². The predicted molar refractivity (Wildman–Crippen MR) is 140 cm³/mol. The smallest absolute Gasteiger partial charge is 0.405 e. The fourth-order valence-corrected chi connectivity index (χ4v) is 4.97. The van der Waals surface area contributed by atoms with Gasteiger partial charge in [-0.25, -0.2) is 9.18 Å². The Balaban J connectivity index is 2.48. The second-order valence-corrected chi connectivity index (χ2v) is 10.4. The average Bonchev–Trinajstić information content (AvgIpc) is 2.83. The van der Waals surface area contributed by atoms with Gasteiger partial charge in [-0.05, 0) is 74.3 Å². The van der Waals surface area contributed by atoms with Crippen LogP contribution in [0.1, 0.15) is 65.5 Å². The second-order valence-electron chi connectivity index (χ2n) is 10.4. The van der Waals surface area contributed by atoms with E-state index in [9.17, 15) is 29.3 Å². The maximum atomic E-state index is 14.4. The van der Waals surface area contributed by atoms with Gasteiger partial charge in [0.1, 0.15) is 11.9 Å². The van der Waals surface area contributed by atoms with Gasteiger partial charge in [-0.2, -0.15) is 0 Å². The largest absolute Gasteiger partial charge is 0.442 e. The molecule has 2 rings (SSSR count). The molecule has 1 aliphatic heterocycles. The molecule has 0 aliphatic carbocycles. The third-order valence-corrected chi connectivity index (χ3v) is 7.15. The lowest BCUT2D eigenvalue weighted by atomic mass is 9.81. The summed E-state index contributed by atoms with van der Waals surface area (Å²) < 4.78 is 19.8. The van der Waals surface area contributed by atoms with E-state index in [1.807, 2.05) is 6.92 Å². The zero-order valence-corrected chi connectivity index (χ0v) is 22.3. The Kier molecular flexibility index (Phi) is 11.3. The van der Waals surface area contributed by atoms with Gasteiger partial charge in [0.15, 0.2) is 0 Å². The van der Waals surface area contributed by atoms with Crippen molar-refractivity contribution >= 4 is 17.7 Å². The topological polar surface area (TPSA) is 142 Å². The highest BCUT2D eigenvalue weighted by atomic mass is 19.1. The molecular weight excluding hydrogens is 479 g/mol. The van der Waals surface area contributed by atoms with Crippen molar-refractivity contribution in [1.82, 2.24) is 0 Å². The first kappa shape index (κ1) is 30.5. The second kappa shape index (κ2) is 13.7. The molecule has 0 fully saturated rings. The molecule has 9 heteroatoms. The fourth-order valence-electron chi connectivity index (χ4n) is 4.97. The van der Waals surface area contributed by atoms with Gasteiger partial charge >= 0.3 is 6.09 Å². The predicted octanol–water partition coefficient (Wildman–Crippen LogP) is 4.22. The first-order valence-electron chi connectivity index (χ1n) is 12.7. The van der Waals surface area contributed by atoms with Gasteiger partial charge in [-0.1, -0.05) is 32.9 Å². The van der Waals surface area contributed by atoms with E-state index < -0.39 is 53.9 Å². The summed E-state index contributed by atoms with van der Waals surface area (Å²) in [6.07, 6.45) is 1.34. The number of hydrogen-bond acceptors (Lipinski definition) is 6. The zero-order chi connectivity index (χ0) is 27.9. The fraction of sp³-hybridized carbons (Fsp3) is 0.571. The summed E-state index contributed by atoms with van der Waals surface area (Å²) in [4.78, 5) is 24.3.